The summed E-state index contributed by atoms with van der Waals surface area (Å²) in [5.41, 5.74) is 4.47. The first kappa shape index (κ1) is 13.1. The minimum Gasteiger partial charge on any atom is -0.282 e. The normalized spacial score (nSPS) is 16.2. The largest absolute Gasteiger partial charge is 0.282 e. The van der Waals surface area contributed by atoms with Gasteiger partial charge < -0.3 is 0 Å². The molecule has 1 aromatic carbocycles. The Hall–Kier alpha value is -2.56. The fraction of sp³-hybridized carbons (Fsp3) is 0.235. The molecular formula is C17H15FN4. The van der Waals surface area contributed by atoms with Crippen LogP contribution in [0.2, 0.25) is 0 Å². The van der Waals surface area contributed by atoms with Gasteiger partial charge in [0.25, 0.3) is 0 Å². The van der Waals surface area contributed by atoms with Gasteiger partial charge in [-0.15, -0.1) is 10.2 Å². The molecule has 1 aliphatic heterocycles. The Morgan fingerprint density at radius 2 is 2.18 bits per heavy atom. The maximum Gasteiger partial charge on any atom is 0.148 e. The molecule has 0 amide bonds. The highest BCUT2D eigenvalue weighted by Gasteiger charge is 2.26. The molecule has 0 fully saturated rings. The lowest BCUT2D eigenvalue weighted by molar-refractivity contribution is 0.583. The molecule has 0 spiro atoms. The molecule has 0 saturated heterocycles. The molecule has 0 saturated carbocycles. The van der Waals surface area contributed by atoms with E-state index in [4.69, 9.17) is 0 Å². The quantitative estimate of drug-likeness (QED) is 0.690. The van der Waals surface area contributed by atoms with Crippen LogP contribution in [0.25, 0.3) is 16.8 Å². The van der Waals surface area contributed by atoms with Gasteiger partial charge >= 0.3 is 0 Å². The van der Waals surface area contributed by atoms with E-state index >= 15 is 0 Å². The van der Waals surface area contributed by atoms with Crippen molar-refractivity contribution in [3.63, 3.8) is 0 Å². The predicted octanol–water partition coefficient (Wildman–Crippen LogP) is 3.44. The molecule has 4 rings (SSSR count). The first-order valence-electron chi connectivity index (χ1n) is 7.29. The topological polar surface area (TPSA) is 43.6 Å². The Bertz CT molecular complexity index is 869. The molecule has 3 heterocycles. The van der Waals surface area contributed by atoms with Gasteiger partial charge in [-0.1, -0.05) is 6.92 Å². The summed E-state index contributed by atoms with van der Waals surface area (Å²) in [5, 5.41) is 8.03. The second-order valence-electron chi connectivity index (χ2n) is 5.82. The van der Waals surface area contributed by atoms with Crippen LogP contribution in [0.3, 0.4) is 0 Å². The van der Waals surface area contributed by atoms with Gasteiger partial charge in [0.15, 0.2) is 0 Å². The number of pyridine rings is 1. The number of aromatic nitrogens is 4. The minimum absolute atomic E-state index is 0.222. The number of hydrogen-bond acceptors (Lipinski definition) is 3. The summed E-state index contributed by atoms with van der Waals surface area (Å²) in [6, 6.07) is 5.57. The summed E-state index contributed by atoms with van der Waals surface area (Å²) in [6.45, 7) is 4.10. The monoisotopic (exact) mass is 294 g/mol. The molecule has 1 atom stereocenters. The molecule has 0 N–H and O–H groups in total. The van der Waals surface area contributed by atoms with Crippen molar-refractivity contribution in [3.8, 4) is 16.8 Å². The van der Waals surface area contributed by atoms with E-state index in [-0.39, 0.29) is 11.7 Å². The van der Waals surface area contributed by atoms with Crippen molar-refractivity contribution in [2.45, 2.75) is 26.2 Å². The van der Waals surface area contributed by atoms with Crippen LogP contribution >= 0.6 is 0 Å². The van der Waals surface area contributed by atoms with Crippen molar-refractivity contribution in [3.05, 3.63) is 59.7 Å². The highest BCUT2D eigenvalue weighted by molar-refractivity contribution is 5.69. The third-order valence-corrected chi connectivity index (χ3v) is 4.27. The van der Waals surface area contributed by atoms with Gasteiger partial charge in [0, 0.05) is 23.9 Å². The summed E-state index contributed by atoms with van der Waals surface area (Å²) in [4.78, 5) is 4.16. The zero-order chi connectivity index (χ0) is 15.3. The molecule has 1 unspecified atom stereocenters. The highest BCUT2D eigenvalue weighted by Crippen LogP contribution is 2.35. The molecule has 3 aromatic rings. The van der Waals surface area contributed by atoms with E-state index in [9.17, 15) is 4.39 Å². The van der Waals surface area contributed by atoms with Crippen molar-refractivity contribution in [2.75, 3.05) is 0 Å². The maximum absolute atomic E-state index is 14.7. The lowest BCUT2D eigenvalue weighted by Gasteiger charge is -2.24. The molecule has 5 heteroatoms. The van der Waals surface area contributed by atoms with Crippen LogP contribution in [0.15, 0.2) is 36.9 Å². The second-order valence-corrected chi connectivity index (χ2v) is 5.82. The smallest absolute Gasteiger partial charge is 0.148 e. The SMILES string of the molecule is Cc1ccncc1-c1cc(F)c2c(c1)CC(C)c1nncn1-2. The van der Waals surface area contributed by atoms with Gasteiger partial charge in [-0.2, -0.15) is 0 Å². The van der Waals surface area contributed by atoms with Gasteiger partial charge in [0.05, 0.1) is 5.69 Å². The number of nitrogens with zero attached hydrogens (tertiary/aromatic N) is 4. The minimum atomic E-state index is -0.247. The molecule has 4 nitrogen and oxygen atoms in total. The molecule has 0 radical (unpaired) electrons. The average molecular weight is 294 g/mol. The third kappa shape index (κ3) is 1.85. The van der Waals surface area contributed by atoms with E-state index in [2.05, 4.69) is 28.2 Å². The summed E-state index contributed by atoms with van der Waals surface area (Å²) in [6.07, 6.45) is 5.88. The van der Waals surface area contributed by atoms with Crippen LogP contribution in [0.5, 0.6) is 0 Å². The fourth-order valence-corrected chi connectivity index (χ4v) is 3.18. The van der Waals surface area contributed by atoms with E-state index in [0.717, 1.165) is 34.5 Å². The Morgan fingerprint density at radius 3 is 3.00 bits per heavy atom. The standard InChI is InChI=1S/C17H15FN4/c1-10-3-4-19-8-14(10)12-6-13-5-11(2)17-21-20-9-22(17)16(13)15(18)7-12/h3-4,6-9,11H,5H2,1-2H3. The van der Waals surface area contributed by atoms with Crippen LogP contribution in [-0.2, 0) is 6.42 Å². The zero-order valence-corrected chi connectivity index (χ0v) is 12.4. The molecule has 1 aliphatic rings. The average Bonchev–Trinajstić information content (AvgIpc) is 2.97. The molecule has 0 bridgehead atoms. The number of hydrogen-bond donors (Lipinski definition) is 0. The van der Waals surface area contributed by atoms with E-state index < -0.39 is 0 Å². The maximum atomic E-state index is 14.7. The zero-order valence-electron chi connectivity index (χ0n) is 12.4. The molecule has 2 aromatic heterocycles. The van der Waals surface area contributed by atoms with Gasteiger partial charge in [0.2, 0.25) is 0 Å². The Balaban J connectivity index is 1.94. The fourth-order valence-electron chi connectivity index (χ4n) is 3.18. The first-order chi connectivity index (χ1) is 10.6. The first-order valence-corrected chi connectivity index (χ1v) is 7.29. The summed E-state index contributed by atoms with van der Waals surface area (Å²) in [5.74, 6) is 0.792. The number of rotatable bonds is 1. The van der Waals surface area contributed by atoms with Crippen molar-refractivity contribution >= 4 is 0 Å². The molecule has 110 valence electrons. The predicted molar refractivity (Wildman–Crippen MR) is 81.4 cm³/mol. The summed E-state index contributed by atoms with van der Waals surface area (Å²) < 4.78 is 16.5. The molecule has 22 heavy (non-hydrogen) atoms. The van der Waals surface area contributed by atoms with Crippen LogP contribution in [0, 0.1) is 12.7 Å². The number of aryl methyl sites for hydroxylation is 1. The molecular weight excluding hydrogens is 279 g/mol. The van der Waals surface area contributed by atoms with E-state index in [1.807, 2.05) is 13.0 Å². The third-order valence-electron chi connectivity index (χ3n) is 4.27. The van der Waals surface area contributed by atoms with Crippen molar-refractivity contribution in [2.24, 2.45) is 0 Å². The van der Waals surface area contributed by atoms with Crippen molar-refractivity contribution < 1.29 is 4.39 Å². The summed E-state index contributed by atoms with van der Waals surface area (Å²) in [7, 11) is 0. The number of benzene rings is 1. The van der Waals surface area contributed by atoms with Gasteiger partial charge in [0.1, 0.15) is 18.0 Å². The van der Waals surface area contributed by atoms with E-state index in [1.54, 1.807) is 29.4 Å². The van der Waals surface area contributed by atoms with Gasteiger partial charge in [-0.3, -0.25) is 9.55 Å². The van der Waals surface area contributed by atoms with Crippen LogP contribution in [0.4, 0.5) is 4.39 Å². The van der Waals surface area contributed by atoms with Crippen LogP contribution < -0.4 is 0 Å². The van der Waals surface area contributed by atoms with Crippen molar-refractivity contribution in [1.82, 2.24) is 19.7 Å². The van der Waals surface area contributed by atoms with E-state index in [1.165, 1.54) is 0 Å². The second kappa shape index (κ2) is 4.73. The van der Waals surface area contributed by atoms with Crippen LogP contribution in [-0.4, -0.2) is 19.7 Å². The lowest BCUT2D eigenvalue weighted by Crippen LogP contribution is -2.17. The molecule has 0 aliphatic carbocycles. The van der Waals surface area contributed by atoms with Gasteiger partial charge in [-0.25, -0.2) is 4.39 Å². The highest BCUT2D eigenvalue weighted by atomic mass is 19.1. The summed E-state index contributed by atoms with van der Waals surface area (Å²) >= 11 is 0. The van der Waals surface area contributed by atoms with Crippen LogP contribution in [0.1, 0.15) is 29.8 Å². The Kier molecular flexibility index (Phi) is 2.82. The van der Waals surface area contributed by atoms with Crippen molar-refractivity contribution in [1.29, 1.82) is 0 Å². The van der Waals surface area contributed by atoms with E-state index in [0.29, 0.717) is 5.69 Å². The Labute approximate surface area is 127 Å². The number of halogens is 1. The number of fused-ring (bicyclic) bond motifs is 3. The van der Waals surface area contributed by atoms with Gasteiger partial charge in [-0.05, 0) is 48.2 Å². The lowest BCUT2D eigenvalue weighted by atomic mass is 9.91. The Morgan fingerprint density at radius 1 is 1.32 bits per heavy atom.